The molecular formula is C19H20F2N6O2S. The molecule has 1 amide bonds. The van der Waals surface area contributed by atoms with Gasteiger partial charge in [-0.2, -0.15) is 13.9 Å². The minimum Gasteiger partial charge on any atom is -0.449 e. The van der Waals surface area contributed by atoms with Gasteiger partial charge in [-0.25, -0.2) is 14.5 Å². The largest absolute Gasteiger partial charge is 0.449 e. The Morgan fingerprint density at radius 3 is 3.07 bits per heavy atom. The van der Waals surface area contributed by atoms with Gasteiger partial charge in [0.05, 0.1) is 18.8 Å². The molecule has 1 saturated heterocycles. The quantitative estimate of drug-likeness (QED) is 0.677. The maximum atomic E-state index is 13.0. The predicted molar refractivity (Wildman–Crippen MR) is 108 cm³/mol. The molecule has 0 aromatic carbocycles. The molecule has 0 aliphatic carbocycles. The number of nitrogens with one attached hydrogen (secondary N) is 1. The highest BCUT2D eigenvalue weighted by Crippen LogP contribution is 2.37. The first-order chi connectivity index (χ1) is 14.6. The number of alkyl halides is 2. The van der Waals surface area contributed by atoms with Crippen LogP contribution in [0.15, 0.2) is 47.2 Å². The van der Waals surface area contributed by atoms with Crippen molar-refractivity contribution in [2.75, 3.05) is 26.2 Å². The monoisotopic (exact) mass is 434 g/mol. The lowest BCUT2D eigenvalue weighted by Crippen LogP contribution is -2.33. The summed E-state index contributed by atoms with van der Waals surface area (Å²) < 4.78 is 31.9. The molecule has 2 aliphatic rings. The van der Waals surface area contributed by atoms with Crippen LogP contribution in [0.1, 0.15) is 23.7 Å². The molecule has 8 nitrogen and oxygen atoms in total. The molecule has 4 rings (SSSR count). The zero-order chi connectivity index (χ0) is 21.1. The fourth-order valence-corrected chi connectivity index (χ4v) is 4.17. The number of amides is 1. The van der Waals surface area contributed by atoms with E-state index in [4.69, 9.17) is 4.74 Å². The van der Waals surface area contributed by atoms with E-state index in [2.05, 4.69) is 27.0 Å². The van der Waals surface area contributed by atoms with Gasteiger partial charge in [0.2, 0.25) is 0 Å². The lowest BCUT2D eigenvalue weighted by molar-refractivity contribution is 0.0564. The van der Waals surface area contributed by atoms with E-state index in [0.29, 0.717) is 36.4 Å². The summed E-state index contributed by atoms with van der Waals surface area (Å²) in [7, 11) is 0. The Morgan fingerprint density at radius 2 is 2.37 bits per heavy atom. The topological polar surface area (TPSA) is 84.6 Å². The standard InChI is InChI=1S/C19H20F2N6O2S/c1-2-4-23-19(28)29-11-12-8-15-13(14-3-6-27(25-14)18(20)21)9-24-16(26(15)10-12)17-22-5-7-30-17/h2-3,5-7,12,18H,1,4,8-11H2,(H,23,28). The molecule has 0 radical (unpaired) electrons. The molecule has 0 spiro atoms. The van der Waals surface area contributed by atoms with Gasteiger partial charge in [-0.1, -0.05) is 6.08 Å². The average molecular weight is 434 g/mol. The Morgan fingerprint density at radius 1 is 1.50 bits per heavy atom. The van der Waals surface area contributed by atoms with Crippen molar-refractivity contribution in [3.05, 3.63) is 52.9 Å². The number of allylic oxidation sites excluding steroid dienone is 1. The van der Waals surface area contributed by atoms with Crippen LogP contribution >= 0.6 is 11.3 Å². The van der Waals surface area contributed by atoms with Crippen molar-refractivity contribution in [1.82, 2.24) is 25.0 Å². The number of carbonyl (C=O) groups excluding carboxylic acids is 1. The smallest absolute Gasteiger partial charge is 0.407 e. The van der Waals surface area contributed by atoms with E-state index < -0.39 is 12.6 Å². The van der Waals surface area contributed by atoms with Gasteiger partial charge in [0.25, 0.3) is 0 Å². The maximum Gasteiger partial charge on any atom is 0.407 e. The van der Waals surface area contributed by atoms with Crippen LogP contribution < -0.4 is 5.32 Å². The van der Waals surface area contributed by atoms with Crippen LogP contribution in [-0.2, 0) is 4.74 Å². The number of halogens is 2. The molecule has 2 aromatic heterocycles. The number of alkyl carbamates (subject to hydrolysis) is 1. The SMILES string of the molecule is C=CCNC(=O)OCC1CC2=C(c3ccn(C(F)F)n3)CN=C(c3nccs3)N2C1. The fourth-order valence-electron chi connectivity index (χ4n) is 3.51. The zero-order valence-corrected chi connectivity index (χ0v) is 16.8. The van der Waals surface area contributed by atoms with Crippen LogP contribution in [-0.4, -0.2) is 57.8 Å². The van der Waals surface area contributed by atoms with Crippen molar-refractivity contribution in [3.63, 3.8) is 0 Å². The fraction of sp³-hybridized carbons (Fsp3) is 0.368. The first-order valence-electron chi connectivity index (χ1n) is 9.36. The molecule has 30 heavy (non-hydrogen) atoms. The van der Waals surface area contributed by atoms with Crippen molar-refractivity contribution >= 4 is 28.8 Å². The van der Waals surface area contributed by atoms with Crippen molar-refractivity contribution < 1.29 is 18.3 Å². The van der Waals surface area contributed by atoms with Crippen molar-refractivity contribution in [1.29, 1.82) is 0 Å². The minimum absolute atomic E-state index is 0.0323. The first kappa shape index (κ1) is 20.2. The van der Waals surface area contributed by atoms with Gasteiger partial charge in [-0.15, -0.1) is 17.9 Å². The third-order valence-corrected chi connectivity index (χ3v) is 5.59. The highest BCUT2D eigenvalue weighted by molar-refractivity contribution is 7.11. The lowest BCUT2D eigenvalue weighted by Gasteiger charge is -2.27. The summed E-state index contributed by atoms with van der Waals surface area (Å²) in [6, 6.07) is 1.57. The number of aliphatic imine (C=N–C) groups is 1. The van der Waals surface area contributed by atoms with Crippen molar-refractivity contribution in [3.8, 4) is 0 Å². The molecule has 4 heterocycles. The molecule has 158 valence electrons. The Labute approximate surface area is 175 Å². The van der Waals surface area contributed by atoms with Crippen LogP contribution in [0.3, 0.4) is 0 Å². The van der Waals surface area contributed by atoms with Crippen LogP contribution in [0, 0.1) is 5.92 Å². The van der Waals surface area contributed by atoms with E-state index >= 15 is 0 Å². The third-order valence-electron chi connectivity index (χ3n) is 4.82. The Kier molecular flexibility index (Phi) is 5.88. The van der Waals surface area contributed by atoms with Gasteiger partial charge in [-0.05, 0) is 12.5 Å². The van der Waals surface area contributed by atoms with Gasteiger partial charge >= 0.3 is 12.6 Å². The normalized spacial score (nSPS) is 18.4. The van der Waals surface area contributed by atoms with E-state index in [1.807, 2.05) is 10.3 Å². The molecule has 0 bridgehead atoms. The zero-order valence-electron chi connectivity index (χ0n) is 16.0. The molecule has 0 saturated carbocycles. The van der Waals surface area contributed by atoms with Crippen LogP contribution in [0.2, 0.25) is 0 Å². The molecule has 2 aromatic rings. The minimum atomic E-state index is -2.70. The Balaban J connectivity index is 1.57. The summed E-state index contributed by atoms with van der Waals surface area (Å²) in [5.41, 5.74) is 2.23. The highest BCUT2D eigenvalue weighted by Gasteiger charge is 2.36. The summed E-state index contributed by atoms with van der Waals surface area (Å²) >= 11 is 1.48. The molecule has 1 unspecified atom stereocenters. The summed E-state index contributed by atoms with van der Waals surface area (Å²) in [6.45, 7) is 2.32. The summed E-state index contributed by atoms with van der Waals surface area (Å²) in [5.74, 6) is 0.778. The first-order valence-corrected chi connectivity index (χ1v) is 10.2. The highest BCUT2D eigenvalue weighted by atomic mass is 32.1. The summed E-state index contributed by atoms with van der Waals surface area (Å²) in [4.78, 5) is 22.8. The number of fused-ring (bicyclic) bond motifs is 1. The third kappa shape index (κ3) is 4.11. The van der Waals surface area contributed by atoms with E-state index in [-0.39, 0.29) is 12.5 Å². The van der Waals surface area contributed by atoms with E-state index in [1.54, 1.807) is 18.3 Å². The number of hydrogen-bond acceptors (Lipinski definition) is 7. The average Bonchev–Trinajstić information content (AvgIpc) is 3.49. The van der Waals surface area contributed by atoms with Crippen LogP contribution in [0.5, 0.6) is 0 Å². The summed E-state index contributed by atoms with van der Waals surface area (Å²) in [5, 5.41) is 9.25. The van der Waals surface area contributed by atoms with Gasteiger partial charge in [0.15, 0.2) is 10.8 Å². The molecule has 1 atom stereocenters. The number of rotatable bonds is 7. The molecular weight excluding hydrogens is 414 g/mol. The van der Waals surface area contributed by atoms with Crippen molar-refractivity contribution in [2.45, 2.75) is 13.0 Å². The van der Waals surface area contributed by atoms with Crippen LogP contribution in [0.25, 0.3) is 5.57 Å². The second-order valence-electron chi connectivity index (χ2n) is 6.81. The lowest BCUT2D eigenvalue weighted by atomic mass is 10.0. The number of thiazole rings is 1. The Bertz CT molecular complexity index is 985. The number of ether oxygens (including phenoxy) is 1. The molecule has 2 aliphatic heterocycles. The van der Waals surface area contributed by atoms with Crippen LogP contribution in [0.4, 0.5) is 13.6 Å². The Hall–Kier alpha value is -3.08. The number of aromatic nitrogens is 3. The van der Waals surface area contributed by atoms with Gasteiger partial charge < -0.3 is 15.0 Å². The molecule has 11 heteroatoms. The number of amidine groups is 1. The van der Waals surface area contributed by atoms with Crippen molar-refractivity contribution in [2.24, 2.45) is 10.9 Å². The van der Waals surface area contributed by atoms with Gasteiger partial charge in [-0.3, -0.25) is 4.99 Å². The predicted octanol–water partition coefficient (Wildman–Crippen LogP) is 3.14. The van der Waals surface area contributed by atoms with E-state index in [0.717, 1.165) is 22.1 Å². The molecule has 1 fully saturated rings. The van der Waals surface area contributed by atoms with Gasteiger partial charge in [0.1, 0.15) is 0 Å². The number of nitrogens with zero attached hydrogens (tertiary/aromatic N) is 5. The van der Waals surface area contributed by atoms with Gasteiger partial charge in [0, 0.05) is 48.1 Å². The number of hydrogen-bond donors (Lipinski definition) is 1. The molecule has 1 N–H and O–H groups in total. The number of carbonyl (C=O) groups is 1. The second-order valence-corrected chi connectivity index (χ2v) is 7.70. The van der Waals surface area contributed by atoms with E-state index in [9.17, 15) is 13.6 Å². The summed E-state index contributed by atoms with van der Waals surface area (Å²) in [6.07, 6.45) is 4.67. The van der Waals surface area contributed by atoms with E-state index in [1.165, 1.54) is 17.5 Å². The second kappa shape index (κ2) is 8.74. The maximum absolute atomic E-state index is 13.0.